The van der Waals surface area contributed by atoms with Gasteiger partial charge in [0, 0.05) is 17.8 Å². The molecule has 0 amide bonds. The van der Waals surface area contributed by atoms with Gasteiger partial charge >= 0.3 is 0 Å². The first-order valence-corrected chi connectivity index (χ1v) is 6.91. The second-order valence-electron chi connectivity index (χ2n) is 4.95. The first-order valence-electron chi connectivity index (χ1n) is 6.91. The topological polar surface area (TPSA) is 59.2 Å². The lowest BCUT2D eigenvalue weighted by molar-refractivity contribution is 0.173. The van der Waals surface area contributed by atoms with E-state index in [4.69, 9.17) is 9.47 Å². The lowest BCUT2D eigenvalue weighted by atomic mass is 10.1. The van der Waals surface area contributed by atoms with E-state index in [0.717, 1.165) is 48.7 Å². The molecule has 1 aromatic carbocycles. The molecule has 3 rings (SSSR count). The van der Waals surface area contributed by atoms with Crippen LogP contribution in [-0.2, 0) is 13.0 Å². The van der Waals surface area contributed by atoms with Crippen LogP contribution >= 0.6 is 0 Å². The summed E-state index contributed by atoms with van der Waals surface area (Å²) in [6.07, 6.45) is 4.04. The Morgan fingerprint density at radius 3 is 3.10 bits per heavy atom. The molecule has 1 aliphatic rings. The Balaban J connectivity index is 1.44. The van der Waals surface area contributed by atoms with E-state index in [1.807, 2.05) is 18.3 Å². The number of H-pyrrole nitrogens is 1. The van der Waals surface area contributed by atoms with Gasteiger partial charge in [-0.25, -0.2) is 0 Å². The van der Waals surface area contributed by atoms with Gasteiger partial charge in [0.15, 0.2) is 11.5 Å². The summed E-state index contributed by atoms with van der Waals surface area (Å²) in [6, 6.07) is 6.01. The number of aromatic nitrogens is 2. The summed E-state index contributed by atoms with van der Waals surface area (Å²) in [5.41, 5.74) is 3.61. The molecule has 0 aliphatic carbocycles. The number of para-hydroxylation sites is 1. The SMILES string of the molecule is Cc1[nH]ncc1CCCNCc1cccc2c1OCO2. The van der Waals surface area contributed by atoms with Crippen LogP contribution in [0.4, 0.5) is 0 Å². The van der Waals surface area contributed by atoms with Crippen LogP contribution in [0.25, 0.3) is 0 Å². The van der Waals surface area contributed by atoms with E-state index in [9.17, 15) is 0 Å². The monoisotopic (exact) mass is 273 g/mol. The number of ether oxygens (including phenoxy) is 2. The van der Waals surface area contributed by atoms with E-state index in [0.29, 0.717) is 6.79 Å². The summed E-state index contributed by atoms with van der Waals surface area (Å²) in [5.74, 6) is 1.73. The second kappa shape index (κ2) is 5.96. The maximum absolute atomic E-state index is 5.49. The molecular formula is C15H19N3O2. The summed E-state index contributed by atoms with van der Waals surface area (Å²) >= 11 is 0. The third kappa shape index (κ3) is 2.77. The maximum atomic E-state index is 5.49. The molecule has 0 unspecified atom stereocenters. The molecule has 0 radical (unpaired) electrons. The maximum Gasteiger partial charge on any atom is 0.231 e. The zero-order valence-corrected chi connectivity index (χ0v) is 11.6. The molecule has 0 bridgehead atoms. The van der Waals surface area contributed by atoms with Crippen molar-refractivity contribution in [1.29, 1.82) is 0 Å². The average Bonchev–Trinajstić information content (AvgIpc) is 3.08. The normalized spacial score (nSPS) is 12.8. The third-order valence-corrected chi connectivity index (χ3v) is 3.53. The minimum Gasteiger partial charge on any atom is -0.454 e. The predicted octanol–water partition coefficient (Wildman–Crippen LogP) is 2.17. The largest absolute Gasteiger partial charge is 0.454 e. The fourth-order valence-electron chi connectivity index (χ4n) is 2.38. The van der Waals surface area contributed by atoms with E-state index >= 15 is 0 Å². The molecule has 1 aliphatic heterocycles. The van der Waals surface area contributed by atoms with Gasteiger partial charge in [-0.3, -0.25) is 5.10 Å². The highest BCUT2D eigenvalue weighted by atomic mass is 16.7. The van der Waals surface area contributed by atoms with Gasteiger partial charge in [-0.2, -0.15) is 5.10 Å². The second-order valence-corrected chi connectivity index (χ2v) is 4.95. The van der Waals surface area contributed by atoms with Gasteiger partial charge < -0.3 is 14.8 Å². The number of hydrogen-bond donors (Lipinski definition) is 2. The van der Waals surface area contributed by atoms with E-state index in [2.05, 4.69) is 28.5 Å². The van der Waals surface area contributed by atoms with Crippen molar-refractivity contribution in [2.75, 3.05) is 13.3 Å². The number of hydrogen-bond acceptors (Lipinski definition) is 4. The van der Waals surface area contributed by atoms with Crippen LogP contribution in [0.1, 0.15) is 23.2 Å². The Bertz CT molecular complexity index is 580. The van der Waals surface area contributed by atoms with Crippen molar-refractivity contribution in [3.63, 3.8) is 0 Å². The molecule has 1 aromatic heterocycles. The minimum atomic E-state index is 0.326. The molecule has 0 saturated heterocycles. The van der Waals surface area contributed by atoms with Gasteiger partial charge in [-0.05, 0) is 37.9 Å². The Hall–Kier alpha value is -2.01. The number of aromatic amines is 1. The summed E-state index contributed by atoms with van der Waals surface area (Å²) < 4.78 is 10.9. The first kappa shape index (κ1) is 13.0. The van der Waals surface area contributed by atoms with Crippen molar-refractivity contribution in [2.24, 2.45) is 0 Å². The number of rotatable bonds is 6. The van der Waals surface area contributed by atoms with Crippen LogP contribution in [0, 0.1) is 6.92 Å². The molecule has 20 heavy (non-hydrogen) atoms. The Kier molecular flexibility index (Phi) is 3.87. The quantitative estimate of drug-likeness (QED) is 0.792. The molecule has 0 spiro atoms. The van der Waals surface area contributed by atoms with Crippen LogP contribution in [0.5, 0.6) is 11.5 Å². The van der Waals surface area contributed by atoms with Crippen molar-refractivity contribution >= 4 is 0 Å². The molecule has 106 valence electrons. The lowest BCUT2D eigenvalue weighted by Crippen LogP contribution is -2.15. The third-order valence-electron chi connectivity index (χ3n) is 3.53. The molecule has 5 heteroatoms. The Morgan fingerprint density at radius 1 is 1.30 bits per heavy atom. The number of nitrogens with one attached hydrogen (secondary N) is 2. The fraction of sp³-hybridized carbons (Fsp3) is 0.400. The van der Waals surface area contributed by atoms with Crippen LogP contribution in [0.2, 0.25) is 0 Å². The highest BCUT2D eigenvalue weighted by Crippen LogP contribution is 2.35. The molecular weight excluding hydrogens is 254 g/mol. The Morgan fingerprint density at radius 2 is 2.25 bits per heavy atom. The fourth-order valence-corrected chi connectivity index (χ4v) is 2.38. The molecule has 0 atom stereocenters. The van der Waals surface area contributed by atoms with E-state index < -0.39 is 0 Å². The highest BCUT2D eigenvalue weighted by molar-refractivity contribution is 5.48. The summed E-state index contributed by atoms with van der Waals surface area (Å²) in [5, 5.41) is 10.4. The number of aryl methyl sites for hydroxylation is 2. The molecule has 2 heterocycles. The lowest BCUT2D eigenvalue weighted by Gasteiger charge is -2.07. The molecule has 0 saturated carbocycles. The molecule has 0 fully saturated rings. The summed E-state index contributed by atoms with van der Waals surface area (Å²) in [6.45, 7) is 4.15. The number of nitrogens with zero attached hydrogens (tertiary/aromatic N) is 1. The van der Waals surface area contributed by atoms with Gasteiger partial charge in [-0.1, -0.05) is 12.1 Å². The van der Waals surface area contributed by atoms with E-state index in [-0.39, 0.29) is 0 Å². The molecule has 2 N–H and O–H groups in total. The van der Waals surface area contributed by atoms with E-state index in [1.165, 1.54) is 5.56 Å². The van der Waals surface area contributed by atoms with Crippen LogP contribution in [0.15, 0.2) is 24.4 Å². The van der Waals surface area contributed by atoms with Gasteiger partial charge in [0.1, 0.15) is 0 Å². The summed E-state index contributed by atoms with van der Waals surface area (Å²) in [4.78, 5) is 0. The van der Waals surface area contributed by atoms with Crippen molar-refractivity contribution < 1.29 is 9.47 Å². The molecule has 5 nitrogen and oxygen atoms in total. The minimum absolute atomic E-state index is 0.326. The molecule has 2 aromatic rings. The standard InChI is InChI=1S/C15H19N3O2/c1-11-12(9-17-18-11)5-3-7-16-8-13-4-2-6-14-15(13)20-10-19-14/h2,4,6,9,16H,3,5,7-8,10H2,1H3,(H,17,18). The van der Waals surface area contributed by atoms with Gasteiger partial charge in [-0.15, -0.1) is 0 Å². The smallest absolute Gasteiger partial charge is 0.231 e. The van der Waals surface area contributed by atoms with Crippen molar-refractivity contribution in [3.8, 4) is 11.5 Å². The number of fused-ring (bicyclic) bond motifs is 1. The van der Waals surface area contributed by atoms with Crippen molar-refractivity contribution in [3.05, 3.63) is 41.2 Å². The van der Waals surface area contributed by atoms with Crippen molar-refractivity contribution in [1.82, 2.24) is 15.5 Å². The van der Waals surface area contributed by atoms with Gasteiger partial charge in [0.2, 0.25) is 6.79 Å². The van der Waals surface area contributed by atoms with Gasteiger partial charge in [0.25, 0.3) is 0 Å². The first-order chi connectivity index (χ1) is 9.84. The van der Waals surface area contributed by atoms with Crippen LogP contribution < -0.4 is 14.8 Å². The zero-order valence-electron chi connectivity index (χ0n) is 11.6. The average molecular weight is 273 g/mol. The van der Waals surface area contributed by atoms with E-state index in [1.54, 1.807) is 0 Å². The van der Waals surface area contributed by atoms with Crippen LogP contribution in [-0.4, -0.2) is 23.5 Å². The summed E-state index contributed by atoms with van der Waals surface area (Å²) in [7, 11) is 0. The van der Waals surface area contributed by atoms with Crippen LogP contribution in [0.3, 0.4) is 0 Å². The van der Waals surface area contributed by atoms with Gasteiger partial charge in [0.05, 0.1) is 6.20 Å². The predicted molar refractivity (Wildman–Crippen MR) is 75.9 cm³/mol. The Labute approximate surface area is 118 Å². The van der Waals surface area contributed by atoms with Crippen molar-refractivity contribution in [2.45, 2.75) is 26.3 Å². The zero-order chi connectivity index (χ0) is 13.8. The highest BCUT2D eigenvalue weighted by Gasteiger charge is 2.16. The number of benzene rings is 1.